The van der Waals surface area contributed by atoms with E-state index in [0.29, 0.717) is 0 Å². The summed E-state index contributed by atoms with van der Waals surface area (Å²) in [6.45, 7) is -0.0513. The number of primary amides is 1. The highest BCUT2D eigenvalue weighted by Crippen LogP contribution is 2.35. The zero-order valence-corrected chi connectivity index (χ0v) is 12.3. The highest BCUT2D eigenvalue weighted by molar-refractivity contribution is 7.89. The lowest BCUT2D eigenvalue weighted by Crippen LogP contribution is -2.42. The number of nitrogens with two attached hydrogens (primary N) is 1. The SMILES string of the molecule is NC(=O)C1CCN(S(=O)(=O)c2ccccc2C(F)(F)F)CC1. The van der Waals surface area contributed by atoms with Gasteiger partial charge in [-0.05, 0) is 25.0 Å². The van der Waals surface area contributed by atoms with Crippen molar-refractivity contribution in [3.63, 3.8) is 0 Å². The van der Waals surface area contributed by atoms with Crippen molar-refractivity contribution in [3.8, 4) is 0 Å². The number of sulfonamides is 1. The van der Waals surface area contributed by atoms with Crippen molar-refractivity contribution >= 4 is 15.9 Å². The van der Waals surface area contributed by atoms with Gasteiger partial charge in [0.25, 0.3) is 0 Å². The molecule has 1 aliphatic rings. The summed E-state index contributed by atoms with van der Waals surface area (Å²) in [7, 11) is -4.26. The molecule has 1 amide bonds. The molecule has 122 valence electrons. The Bertz CT molecular complexity index is 665. The van der Waals surface area contributed by atoms with Crippen molar-refractivity contribution in [2.75, 3.05) is 13.1 Å². The van der Waals surface area contributed by atoms with E-state index in [-0.39, 0.29) is 25.9 Å². The number of halogens is 3. The standard InChI is InChI=1S/C13H15F3N2O3S/c14-13(15,16)10-3-1-2-4-11(10)22(20,21)18-7-5-9(6-8-18)12(17)19/h1-4,9H,5-8H2,(H2,17,19). The third kappa shape index (κ3) is 3.25. The third-order valence-electron chi connectivity index (χ3n) is 3.67. The molecule has 0 aliphatic carbocycles. The maximum absolute atomic E-state index is 13.0. The molecule has 0 unspecified atom stereocenters. The Kier molecular flexibility index (Phi) is 4.48. The lowest BCUT2D eigenvalue weighted by molar-refractivity contribution is -0.139. The molecule has 1 fully saturated rings. The fourth-order valence-electron chi connectivity index (χ4n) is 2.45. The molecule has 0 saturated carbocycles. The van der Waals surface area contributed by atoms with Gasteiger partial charge in [0, 0.05) is 19.0 Å². The van der Waals surface area contributed by atoms with E-state index in [1.165, 1.54) is 6.07 Å². The second-order valence-electron chi connectivity index (χ2n) is 5.07. The van der Waals surface area contributed by atoms with Gasteiger partial charge < -0.3 is 5.73 Å². The van der Waals surface area contributed by atoms with E-state index in [1.54, 1.807) is 0 Å². The summed E-state index contributed by atoms with van der Waals surface area (Å²) in [5, 5.41) is 0. The molecular formula is C13H15F3N2O3S. The maximum atomic E-state index is 13.0. The summed E-state index contributed by atoms with van der Waals surface area (Å²) in [6, 6.07) is 4.07. The summed E-state index contributed by atoms with van der Waals surface area (Å²) in [4.78, 5) is 10.3. The second kappa shape index (κ2) is 5.88. The van der Waals surface area contributed by atoms with E-state index in [1.807, 2.05) is 0 Å². The van der Waals surface area contributed by atoms with Gasteiger partial charge in [0.1, 0.15) is 0 Å². The monoisotopic (exact) mass is 336 g/mol. The highest BCUT2D eigenvalue weighted by Gasteiger charge is 2.39. The van der Waals surface area contributed by atoms with Gasteiger partial charge in [0.15, 0.2) is 0 Å². The molecule has 5 nitrogen and oxygen atoms in total. The lowest BCUT2D eigenvalue weighted by atomic mass is 9.98. The number of benzene rings is 1. The van der Waals surface area contributed by atoms with E-state index in [0.717, 1.165) is 22.5 Å². The zero-order valence-electron chi connectivity index (χ0n) is 11.5. The Labute approximate surface area is 125 Å². The number of amides is 1. The van der Waals surface area contributed by atoms with E-state index < -0.39 is 38.5 Å². The van der Waals surface area contributed by atoms with Crippen LogP contribution in [0.5, 0.6) is 0 Å². The Morgan fingerprint density at radius 1 is 1.18 bits per heavy atom. The number of rotatable bonds is 3. The molecule has 2 N–H and O–H groups in total. The predicted octanol–water partition coefficient (Wildman–Crippen LogP) is 1.59. The Morgan fingerprint density at radius 2 is 1.73 bits per heavy atom. The second-order valence-corrected chi connectivity index (χ2v) is 6.98. The first-order chi connectivity index (χ1) is 10.1. The van der Waals surface area contributed by atoms with Crippen LogP contribution in [0.25, 0.3) is 0 Å². The third-order valence-corrected chi connectivity index (χ3v) is 5.62. The van der Waals surface area contributed by atoms with E-state index >= 15 is 0 Å². The highest BCUT2D eigenvalue weighted by atomic mass is 32.2. The van der Waals surface area contributed by atoms with Gasteiger partial charge in [-0.1, -0.05) is 12.1 Å². The normalized spacial score (nSPS) is 18.3. The van der Waals surface area contributed by atoms with Gasteiger partial charge in [0.2, 0.25) is 15.9 Å². The van der Waals surface area contributed by atoms with Crippen molar-refractivity contribution in [1.82, 2.24) is 4.31 Å². The molecule has 1 aromatic rings. The van der Waals surface area contributed by atoms with Crippen molar-refractivity contribution in [2.45, 2.75) is 23.9 Å². The first-order valence-corrected chi connectivity index (χ1v) is 8.03. The molecule has 1 saturated heterocycles. The molecule has 0 spiro atoms. The number of alkyl halides is 3. The van der Waals surface area contributed by atoms with Gasteiger partial charge in [-0.25, -0.2) is 8.42 Å². The maximum Gasteiger partial charge on any atom is 0.417 e. The fraction of sp³-hybridized carbons (Fsp3) is 0.462. The van der Waals surface area contributed by atoms with Crippen LogP contribution in [0.4, 0.5) is 13.2 Å². The summed E-state index contributed by atoms with van der Waals surface area (Å²) in [5.74, 6) is -0.961. The predicted molar refractivity (Wildman–Crippen MR) is 72.1 cm³/mol. The van der Waals surface area contributed by atoms with Crippen molar-refractivity contribution in [3.05, 3.63) is 29.8 Å². The van der Waals surface area contributed by atoms with Crippen LogP contribution >= 0.6 is 0 Å². The van der Waals surface area contributed by atoms with Crippen molar-refractivity contribution < 1.29 is 26.4 Å². The number of hydrogen-bond acceptors (Lipinski definition) is 3. The molecule has 0 radical (unpaired) electrons. The van der Waals surface area contributed by atoms with Crippen LogP contribution in [-0.4, -0.2) is 31.7 Å². The minimum atomic E-state index is -4.75. The Morgan fingerprint density at radius 3 is 2.23 bits per heavy atom. The smallest absolute Gasteiger partial charge is 0.369 e. The van der Waals surface area contributed by atoms with Crippen LogP contribution in [0.2, 0.25) is 0 Å². The Hall–Kier alpha value is -1.61. The van der Waals surface area contributed by atoms with Gasteiger partial charge in [0.05, 0.1) is 10.5 Å². The fourth-order valence-corrected chi connectivity index (χ4v) is 4.13. The van der Waals surface area contributed by atoms with E-state index in [2.05, 4.69) is 0 Å². The van der Waals surface area contributed by atoms with Gasteiger partial charge in [-0.15, -0.1) is 0 Å². The van der Waals surface area contributed by atoms with Crippen LogP contribution < -0.4 is 5.73 Å². The van der Waals surface area contributed by atoms with Gasteiger partial charge in [-0.3, -0.25) is 4.79 Å². The van der Waals surface area contributed by atoms with Crippen LogP contribution in [-0.2, 0) is 21.0 Å². The topological polar surface area (TPSA) is 80.5 Å². The van der Waals surface area contributed by atoms with Crippen molar-refractivity contribution in [1.29, 1.82) is 0 Å². The average Bonchev–Trinajstić information content (AvgIpc) is 2.46. The molecule has 1 heterocycles. The number of carbonyl (C=O) groups excluding carboxylic acids is 1. The van der Waals surface area contributed by atoms with Crippen molar-refractivity contribution in [2.24, 2.45) is 11.7 Å². The summed E-state index contributed by atoms with van der Waals surface area (Å²) in [5.41, 5.74) is 3.97. The summed E-state index contributed by atoms with van der Waals surface area (Å²) < 4.78 is 64.8. The lowest BCUT2D eigenvalue weighted by Gasteiger charge is -2.30. The largest absolute Gasteiger partial charge is 0.417 e. The van der Waals surface area contributed by atoms with E-state index in [9.17, 15) is 26.4 Å². The van der Waals surface area contributed by atoms with Crippen LogP contribution in [0, 0.1) is 5.92 Å². The molecule has 22 heavy (non-hydrogen) atoms. The Balaban J connectivity index is 2.31. The minimum Gasteiger partial charge on any atom is -0.369 e. The van der Waals surface area contributed by atoms with Crippen LogP contribution in [0.3, 0.4) is 0 Å². The van der Waals surface area contributed by atoms with Gasteiger partial charge >= 0.3 is 6.18 Å². The molecule has 0 bridgehead atoms. The molecule has 9 heteroatoms. The first-order valence-electron chi connectivity index (χ1n) is 6.59. The number of piperidine rings is 1. The quantitative estimate of drug-likeness (QED) is 0.910. The average molecular weight is 336 g/mol. The molecular weight excluding hydrogens is 321 g/mol. The molecule has 2 rings (SSSR count). The number of carbonyl (C=O) groups is 1. The first kappa shape index (κ1) is 16.8. The van der Waals surface area contributed by atoms with Crippen LogP contribution in [0.1, 0.15) is 18.4 Å². The number of hydrogen-bond donors (Lipinski definition) is 1. The molecule has 0 atom stereocenters. The number of nitrogens with zero attached hydrogens (tertiary/aromatic N) is 1. The molecule has 1 aromatic carbocycles. The minimum absolute atomic E-state index is 0.0257. The van der Waals surface area contributed by atoms with Crippen LogP contribution in [0.15, 0.2) is 29.2 Å². The van der Waals surface area contributed by atoms with E-state index in [4.69, 9.17) is 5.73 Å². The summed E-state index contributed by atoms with van der Waals surface area (Å²) in [6.07, 6.45) is -4.33. The molecule has 0 aromatic heterocycles. The molecule has 1 aliphatic heterocycles. The summed E-state index contributed by atoms with van der Waals surface area (Å²) >= 11 is 0. The van der Waals surface area contributed by atoms with Gasteiger partial charge in [-0.2, -0.15) is 17.5 Å². The zero-order chi connectivity index (χ0) is 16.5.